The van der Waals surface area contributed by atoms with Crippen molar-refractivity contribution in [2.75, 3.05) is 7.11 Å². The van der Waals surface area contributed by atoms with E-state index in [-0.39, 0.29) is 13.0 Å². The highest BCUT2D eigenvalue weighted by Gasteiger charge is 2.22. The second kappa shape index (κ2) is 17.2. The zero-order chi connectivity index (χ0) is 35.4. The van der Waals surface area contributed by atoms with E-state index in [0.29, 0.717) is 22.4 Å². The fourth-order valence-corrected chi connectivity index (χ4v) is 5.78. The van der Waals surface area contributed by atoms with Gasteiger partial charge in [-0.15, -0.1) is 0 Å². The van der Waals surface area contributed by atoms with Crippen LogP contribution in [-0.4, -0.2) is 19.0 Å². The quantitative estimate of drug-likeness (QED) is 0.112. The monoisotopic (exact) mass is 741 g/mol. The first kappa shape index (κ1) is 35.0. The first-order valence-corrected chi connectivity index (χ1v) is 17.2. The molecule has 6 rings (SSSR count). The summed E-state index contributed by atoms with van der Waals surface area (Å²) in [6, 6.07) is 47.4. The van der Waals surface area contributed by atoms with E-state index in [2.05, 4.69) is 21.2 Å². The van der Waals surface area contributed by atoms with E-state index in [1.807, 2.05) is 140 Å². The van der Waals surface area contributed by atoms with E-state index in [0.717, 1.165) is 45.1 Å². The molecular formula is C43H36BrNO6. The van der Waals surface area contributed by atoms with Crippen LogP contribution < -0.4 is 19.5 Å². The van der Waals surface area contributed by atoms with E-state index < -0.39 is 17.9 Å². The zero-order valence-corrected chi connectivity index (χ0v) is 29.5. The van der Waals surface area contributed by atoms with Gasteiger partial charge in [-0.05, 0) is 82.4 Å². The van der Waals surface area contributed by atoms with E-state index in [1.54, 1.807) is 12.1 Å². The number of para-hydroxylation sites is 1. The van der Waals surface area contributed by atoms with Gasteiger partial charge in [0.25, 0.3) is 5.91 Å². The lowest BCUT2D eigenvalue weighted by molar-refractivity contribution is -0.141. The number of amides is 1. The van der Waals surface area contributed by atoms with Crippen LogP contribution in [0.2, 0.25) is 0 Å². The molecule has 0 aliphatic heterocycles. The second-order valence-corrected chi connectivity index (χ2v) is 12.6. The zero-order valence-electron chi connectivity index (χ0n) is 28.0. The van der Waals surface area contributed by atoms with Crippen LogP contribution >= 0.6 is 15.9 Å². The molecule has 0 aliphatic carbocycles. The first-order valence-electron chi connectivity index (χ1n) is 16.4. The number of esters is 1. The average molecular weight is 743 g/mol. The number of carbonyl (C=O) groups is 2. The van der Waals surface area contributed by atoms with Crippen molar-refractivity contribution in [3.63, 3.8) is 0 Å². The van der Waals surface area contributed by atoms with Gasteiger partial charge in [-0.25, -0.2) is 0 Å². The Morgan fingerprint density at radius 3 is 1.94 bits per heavy atom. The lowest BCUT2D eigenvalue weighted by atomic mass is 9.98. The summed E-state index contributed by atoms with van der Waals surface area (Å²) in [6.45, 7) is 0.673. The summed E-state index contributed by atoms with van der Waals surface area (Å²) < 4.78 is 23.8. The third-order valence-electron chi connectivity index (χ3n) is 8.11. The Morgan fingerprint density at radius 1 is 0.627 bits per heavy atom. The molecule has 51 heavy (non-hydrogen) atoms. The number of carbonyl (C=O) groups excluding carboxylic acids is 2. The van der Waals surface area contributed by atoms with Gasteiger partial charge < -0.3 is 24.3 Å². The minimum Gasteiger partial charge on any atom is -0.489 e. The molecule has 0 saturated heterocycles. The maximum Gasteiger partial charge on any atom is 0.307 e. The molecule has 7 nitrogen and oxygen atoms in total. The molecule has 1 amide bonds. The summed E-state index contributed by atoms with van der Waals surface area (Å²) in [5.41, 5.74) is 5.02. The Labute approximate surface area is 305 Å². The van der Waals surface area contributed by atoms with Gasteiger partial charge in [0.15, 0.2) is 0 Å². The molecule has 0 bridgehead atoms. The molecular weight excluding hydrogens is 706 g/mol. The van der Waals surface area contributed by atoms with Gasteiger partial charge in [-0.1, -0.05) is 113 Å². The van der Waals surface area contributed by atoms with Crippen LogP contribution in [0.1, 0.15) is 39.5 Å². The molecule has 256 valence electrons. The van der Waals surface area contributed by atoms with Crippen molar-refractivity contribution >= 4 is 27.8 Å². The molecule has 8 heteroatoms. The third kappa shape index (κ3) is 9.86. The molecule has 0 fully saturated rings. The van der Waals surface area contributed by atoms with E-state index in [1.165, 1.54) is 7.11 Å². The fraction of sp³-hybridized carbons (Fsp3) is 0.116. The highest BCUT2D eigenvalue weighted by atomic mass is 79.9. The lowest BCUT2D eigenvalue weighted by Gasteiger charge is -2.20. The van der Waals surface area contributed by atoms with Gasteiger partial charge in [0.1, 0.15) is 36.2 Å². The van der Waals surface area contributed by atoms with Crippen LogP contribution in [0.15, 0.2) is 156 Å². The largest absolute Gasteiger partial charge is 0.489 e. The molecule has 0 spiro atoms. The van der Waals surface area contributed by atoms with Crippen molar-refractivity contribution in [1.82, 2.24) is 5.32 Å². The van der Waals surface area contributed by atoms with Crippen LogP contribution in [0.3, 0.4) is 0 Å². The molecule has 0 heterocycles. The van der Waals surface area contributed by atoms with Crippen LogP contribution in [0.25, 0.3) is 11.1 Å². The van der Waals surface area contributed by atoms with Crippen molar-refractivity contribution in [2.45, 2.75) is 25.7 Å². The van der Waals surface area contributed by atoms with Gasteiger partial charge in [0, 0.05) is 4.47 Å². The number of ether oxygens (including phenoxy) is 4. The number of benzene rings is 6. The maximum absolute atomic E-state index is 13.8. The number of methoxy groups -OCH3 is 1. The smallest absolute Gasteiger partial charge is 0.307 e. The van der Waals surface area contributed by atoms with Crippen molar-refractivity contribution < 1.29 is 28.5 Å². The molecule has 1 atom stereocenters. The van der Waals surface area contributed by atoms with Gasteiger partial charge in [-0.3, -0.25) is 9.59 Å². The van der Waals surface area contributed by atoms with Gasteiger partial charge >= 0.3 is 5.97 Å². The summed E-state index contributed by atoms with van der Waals surface area (Å²) >= 11 is 3.49. The summed E-state index contributed by atoms with van der Waals surface area (Å²) in [4.78, 5) is 26.3. The van der Waals surface area contributed by atoms with E-state index >= 15 is 0 Å². The second-order valence-electron chi connectivity index (χ2n) is 11.7. The van der Waals surface area contributed by atoms with Crippen LogP contribution in [0.4, 0.5) is 0 Å². The van der Waals surface area contributed by atoms with Crippen molar-refractivity contribution in [3.8, 4) is 34.1 Å². The number of halogens is 1. The molecule has 1 N–H and O–H groups in total. The predicted octanol–water partition coefficient (Wildman–Crippen LogP) is 10.1. The fourth-order valence-electron chi connectivity index (χ4n) is 5.42. The number of rotatable bonds is 14. The molecule has 0 aromatic heterocycles. The topological polar surface area (TPSA) is 83.1 Å². The molecule has 6 aromatic rings. The molecule has 6 aromatic carbocycles. The lowest BCUT2D eigenvalue weighted by Crippen LogP contribution is -2.31. The summed E-state index contributed by atoms with van der Waals surface area (Å²) in [7, 11) is 1.33. The van der Waals surface area contributed by atoms with E-state index in [4.69, 9.17) is 18.9 Å². The predicted molar refractivity (Wildman–Crippen MR) is 201 cm³/mol. The first-order chi connectivity index (χ1) is 24.9. The number of hydrogen-bond donors (Lipinski definition) is 1. The molecule has 0 radical (unpaired) electrons. The molecule has 0 aliphatic rings. The minimum absolute atomic E-state index is 0.0485. The number of nitrogens with one attached hydrogen (secondary N) is 1. The van der Waals surface area contributed by atoms with Crippen LogP contribution in [0.5, 0.6) is 23.0 Å². The Kier molecular flexibility index (Phi) is 11.8. The van der Waals surface area contributed by atoms with E-state index in [9.17, 15) is 9.59 Å². The third-order valence-corrected chi connectivity index (χ3v) is 8.60. The summed E-state index contributed by atoms with van der Waals surface area (Å²) in [5.74, 6) is 1.79. The Morgan fingerprint density at radius 2 is 1.24 bits per heavy atom. The van der Waals surface area contributed by atoms with Crippen LogP contribution in [-0.2, 0) is 22.7 Å². The normalized spacial score (nSPS) is 11.3. The average Bonchev–Trinajstić information content (AvgIpc) is 3.17. The highest BCUT2D eigenvalue weighted by Crippen LogP contribution is 2.30. The summed E-state index contributed by atoms with van der Waals surface area (Å²) in [6.07, 6.45) is -0.0485. The van der Waals surface area contributed by atoms with Gasteiger partial charge in [-0.2, -0.15) is 0 Å². The standard InChI is InChI=1S/C43H36BrNO6/c1-48-42(46)27-40(34-17-15-32(16-18-34)33-19-22-37(23-20-33)51-36-12-6-3-7-13-36)45-43(47)39-26-35(44)21-24-41(39)50-29-31-11-8-14-38(25-31)49-28-30-9-4-2-5-10-30/h2-26,40H,27-29H2,1H3,(H,45,47). The highest BCUT2D eigenvalue weighted by molar-refractivity contribution is 9.10. The Balaban J connectivity index is 1.13. The Bertz CT molecular complexity index is 2050. The van der Waals surface area contributed by atoms with Gasteiger partial charge in [0.05, 0.1) is 25.1 Å². The van der Waals surface area contributed by atoms with Crippen molar-refractivity contribution in [1.29, 1.82) is 0 Å². The van der Waals surface area contributed by atoms with Crippen molar-refractivity contribution in [3.05, 3.63) is 178 Å². The molecule has 0 saturated carbocycles. The minimum atomic E-state index is -0.647. The van der Waals surface area contributed by atoms with Crippen molar-refractivity contribution in [2.24, 2.45) is 0 Å². The Hall–Kier alpha value is -5.86. The number of hydrogen-bond acceptors (Lipinski definition) is 6. The summed E-state index contributed by atoms with van der Waals surface area (Å²) in [5, 5.41) is 3.03. The molecule has 1 unspecified atom stereocenters. The van der Waals surface area contributed by atoms with Gasteiger partial charge in [0.2, 0.25) is 0 Å². The SMILES string of the molecule is COC(=O)CC(NC(=O)c1cc(Br)ccc1OCc1cccc(OCc2ccccc2)c1)c1ccc(-c2ccc(Oc3ccccc3)cc2)cc1. The van der Waals surface area contributed by atoms with Crippen LogP contribution in [0, 0.1) is 0 Å². The maximum atomic E-state index is 13.8.